The molecule has 0 fully saturated rings. The van der Waals surface area contributed by atoms with Gasteiger partial charge in [0, 0.05) is 18.7 Å². The van der Waals surface area contributed by atoms with E-state index >= 15 is 0 Å². The van der Waals surface area contributed by atoms with Crippen LogP contribution in [0.4, 0.5) is 0 Å². The summed E-state index contributed by atoms with van der Waals surface area (Å²) in [5.74, 6) is 1.30. The van der Waals surface area contributed by atoms with E-state index in [9.17, 15) is 4.79 Å². The van der Waals surface area contributed by atoms with Crippen LogP contribution < -0.4 is 14.8 Å². The second kappa shape index (κ2) is 9.98. The lowest BCUT2D eigenvalue weighted by molar-refractivity contribution is -0.116. The maximum absolute atomic E-state index is 12.2. The van der Waals surface area contributed by atoms with Crippen molar-refractivity contribution < 1.29 is 14.3 Å². The van der Waals surface area contributed by atoms with Crippen LogP contribution in [0.2, 0.25) is 5.02 Å². The van der Waals surface area contributed by atoms with Crippen molar-refractivity contribution in [1.82, 2.24) is 15.1 Å². The molecule has 0 unspecified atom stereocenters. The number of hydrogen-bond acceptors (Lipinski definition) is 4. The molecule has 0 aliphatic rings. The van der Waals surface area contributed by atoms with Gasteiger partial charge in [0.05, 0.1) is 30.6 Å². The van der Waals surface area contributed by atoms with Gasteiger partial charge in [-0.05, 0) is 42.8 Å². The first-order valence-electron chi connectivity index (χ1n) is 9.45. The first-order valence-corrected chi connectivity index (χ1v) is 9.82. The molecule has 2 aromatic carbocycles. The van der Waals surface area contributed by atoms with Gasteiger partial charge >= 0.3 is 0 Å². The molecule has 1 heterocycles. The Bertz CT molecular complexity index is 1020. The maximum atomic E-state index is 12.2. The minimum absolute atomic E-state index is 0.222. The molecule has 1 amide bonds. The summed E-state index contributed by atoms with van der Waals surface area (Å²) in [6.45, 7) is 2.69. The van der Waals surface area contributed by atoms with Crippen molar-refractivity contribution >= 4 is 23.6 Å². The van der Waals surface area contributed by atoms with E-state index in [0.717, 1.165) is 28.3 Å². The van der Waals surface area contributed by atoms with Crippen LogP contribution in [0.5, 0.6) is 11.5 Å². The fraction of sp³-hybridized carbons (Fsp3) is 0.217. The molecule has 3 rings (SSSR count). The van der Waals surface area contributed by atoms with E-state index in [1.54, 1.807) is 31.1 Å². The van der Waals surface area contributed by atoms with Crippen molar-refractivity contribution in [2.24, 2.45) is 7.05 Å². The maximum Gasteiger partial charge on any atom is 0.244 e. The van der Waals surface area contributed by atoms with Crippen LogP contribution in [0, 0.1) is 6.92 Å². The zero-order valence-corrected chi connectivity index (χ0v) is 17.9. The molecular weight excluding hydrogens is 402 g/mol. The van der Waals surface area contributed by atoms with Gasteiger partial charge in [0.2, 0.25) is 5.91 Å². The molecule has 0 radical (unpaired) electrons. The number of aryl methyl sites for hydroxylation is 2. The van der Waals surface area contributed by atoms with Gasteiger partial charge < -0.3 is 14.8 Å². The van der Waals surface area contributed by atoms with Crippen LogP contribution in [0.3, 0.4) is 0 Å². The lowest BCUT2D eigenvalue weighted by Gasteiger charge is -2.11. The molecular formula is C23H24ClN3O3. The molecule has 1 N–H and O–H groups in total. The Morgan fingerprint density at radius 2 is 2.00 bits per heavy atom. The van der Waals surface area contributed by atoms with Gasteiger partial charge in [-0.2, -0.15) is 5.10 Å². The van der Waals surface area contributed by atoms with E-state index in [-0.39, 0.29) is 5.91 Å². The van der Waals surface area contributed by atoms with E-state index in [1.807, 2.05) is 49.4 Å². The fourth-order valence-corrected chi connectivity index (χ4v) is 3.08. The summed E-state index contributed by atoms with van der Waals surface area (Å²) in [4.78, 5) is 12.2. The van der Waals surface area contributed by atoms with Crippen LogP contribution in [-0.4, -0.2) is 22.8 Å². The number of rotatable bonds is 8. The molecule has 156 valence electrons. The number of aromatic nitrogens is 2. The van der Waals surface area contributed by atoms with E-state index in [2.05, 4.69) is 10.4 Å². The van der Waals surface area contributed by atoms with Crippen molar-refractivity contribution in [2.45, 2.75) is 20.1 Å². The molecule has 0 aliphatic carbocycles. The zero-order valence-electron chi connectivity index (χ0n) is 17.2. The number of methoxy groups -OCH3 is 1. The number of hydrogen-bond donors (Lipinski definition) is 1. The highest BCUT2D eigenvalue weighted by atomic mass is 35.5. The Labute approximate surface area is 181 Å². The second-order valence-corrected chi connectivity index (χ2v) is 7.19. The Balaban J connectivity index is 1.63. The summed E-state index contributed by atoms with van der Waals surface area (Å²) in [5.41, 5.74) is 3.68. The third kappa shape index (κ3) is 5.64. The normalized spacial score (nSPS) is 10.9. The Morgan fingerprint density at radius 1 is 1.23 bits per heavy atom. The molecule has 1 aromatic heterocycles. The molecule has 3 aromatic rings. The first kappa shape index (κ1) is 21.5. The molecule has 0 spiro atoms. The van der Waals surface area contributed by atoms with Gasteiger partial charge in [-0.25, -0.2) is 0 Å². The Morgan fingerprint density at radius 3 is 2.67 bits per heavy atom. The van der Waals surface area contributed by atoms with Crippen molar-refractivity contribution in [3.8, 4) is 11.5 Å². The predicted molar refractivity (Wildman–Crippen MR) is 118 cm³/mol. The van der Waals surface area contributed by atoms with E-state index in [0.29, 0.717) is 18.2 Å². The van der Waals surface area contributed by atoms with Crippen molar-refractivity contribution in [1.29, 1.82) is 0 Å². The smallest absolute Gasteiger partial charge is 0.244 e. The van der Waals surface area contributed by atoms with Gasteiger partial charge in [0.1, 0.15) is 18.1 Å². The Kier molecular flexibility index (Phi) is 7.14. The number of carbonyl (C=O) groups excluding carboxylic acids is 1. The highest BCUT2D eigenvalue weighted by molar-refractivity contribution is 6.31. The molecule has 0 aliphatic heterocycles. The fourth-order valence-electron chi connectivity index (χ4n) is 2.85. The quantitative estimate of drug-likeness (QED) is 0.546. The Hall–Kier alpha value is -3.25. The summed E-state index contributed by atoms with van der Waals surface area (Å²) in [7, 11) is 3.40. The number of halogens is 1. The van der Waals surface area contributed by atoms with Crippen LogP contribution in [0.15, 0.2) is 54.7 Å². The molecule has 0 bridgehead atoms. The summed E-state index contributed by atoms with van der Waals surface area (Å²) in [6.07, 6.45) is 4.78. The average molecular weight is 426 g/mol. The number of nitrogens with zero attached hydrogens (tertiary/aromatic N) is 2. The minimum Gasteiger partial charge on any atom is -0.496 e. The monoisotopic (exact) mass is 425 g/mol. The third-order valence-corrected chi connectivity index (χ3v) is 4.90. The average Bonchev–Trinajstić information content (AvgIpc) is 3.07. The van der Waals surface area contributed by atoms with Crippen LogP contribution in [-0.2, 0) is 25.0 Å². The first-order chi connectivity index (χ1) is 14.5. The van der Waals surface area contributed by atoms with E-state index in [1.165, 1.54) is 11.6 Å². The van der Waals surface area contributed by atoms with Crippen molar-refractivity contribution in [3.63, 3.8) is 0 Å². The molecule has 0 atom stereocenters. The highest BCUT2D eigenvalue weighted by Crippen LogP contribution is 2.23. The largest absolute Gasteiger partial charge is 0.496 e. The SMILES string of the molecule is COc1ccc(/C=C/C(=O)NCc2c(Cl)cnn2C)cc1COc1ccc(C)cc1. The lowest BCUT2D eigenvalue weighted by Crippen LogP contribution is -2.22. The lowest BCUT2D eigenvalue weighted by atomic mass is 10.1. The van der Waals surface area contributed by atoms with Crippen LogP contribution in [0.1, 0.15) is 22.4 Å². The second-order valence-electron chi connectivity index (χ2n) is 6.79. The number of carbonyl (C=O) groups is 1. The molecule has 7 heteroatoms. The van der Waals surface area contributed by atoms with Gasteiger partial charge in [-0.1, -0.05) is 35.4 Å². The van der Waals surface area contributed by atoms with Crippen molar-refractivity contribution in [2.75, 3.05) is 7.11 Å². The van der Waals surface area contributed by atoms with Gasteiger partial charge in [-0.15, -0.1) is 0 Å². The van der Waals surface area contributed by atoms with E-state index in [4.69, 9.17) is 21.1 Å². The summed E-state index contributed by atoms with van der Waals surface area (Å²) >= 11 is 6.05. The molecule has 0 saturated heterocycles. The van der Waals surface area contributed by atoms with E-state index < -0.39 is 0 Å². The summed E-state index contributed by atoms with van der Waals surface area (Å²) < 4.78 is 12.9. The number of benzene rings is 2. The van der Waals surface area contributed by atoms with Crippen LogP contribution >= 0.6 is 11.6 Å². The zero-order chi connectivity index (χ0) is 21.5. The number of amides is 1. The van der Waals surface area contributed by atoms with Crippen molar-refractivity contribution in [3.05, 3.63) is 82.1 Å². The minimum atomic E-state index is -0.222. The van der Waals surface area contributed by atoms with Gasteiger partial charge in [0.15, 0.2) is 0 Å². The van der Waals surface area contributed by atoms with Gasteiger partial charge in [0.25, 0.3) is 0 Å². The third-order valence-electron chi connectivity index (χ3n) is 4.59. The molecule has 0 saturated carbocycles. The molecule has 6 nitrogen and oxygen atoms in total. The van der Waals surface area contributed by atoms with Crippen LogP contribution in [0.25, 0.3) is 6.08 Å². The number of nitrogens with one attached hydrogen (secondary N) is 1. The predicted octanol–water partition coefficient (Wildman–Crippen LogP) is 4.30. The number of ether oxygens (including phenoxy) is 2. The highest BCUT2D eigenvalue weighted by Gasteiger charge is 2.08. The summed E-state index contributed by atoms with van der Waals surface area (Å²) in [6, 6.07) is 13.6. The molecule has 30 heavy (non-hydrogen) atoms. The standard InChI is InChI=1S/C23H24ClN3O3/c1-16-4-8-19(9-5-16)30-15-18-12-17(6-10-22(18)29-3)7-11-23(28)25-14-21-20(24)13-26-27(21)2/h4-13H,14-15H2,1-3H3,(H,25,28)/b11-7+. The topological polar surface area (TPSA) is 65.4 Å². The van der Waals surface area contributed by atoms with Gasteiger partial charge in [-0.3, -0.25) is 9.48 Å². The summed E-state index contributed by atoms with van der Waals surface area (Å²) in [5, 5.41) is 7.38.